The molecule has 2 atom stereocenters. The van der Waals surface area contributed by atoms with Crippen LogP contribution in [0.4, 0.5) is 4.39 Å². The van der Waals surface area contributed by atoms with Crippen molar-refractivity contribution < 1.29 is 28.2 Å². The third-order valence-electron chi connectivity index (χ3n) is 10.2. The van der Waals surface area contributed by atoms with Gasteiger partial charge in [0.2, 0.25) is 5.89 Å². The Hall–Kier alpha value is -5.34. The number of carbonyl (C=O) groups excluding carboxylic acids is 1. The van der Waals surface area contributed by atoms with Crippen LogP contribution in [-0.4, -0.2) is 71.9 Å². The molecule has 10 heteroatoms. The van der Waals surface area contributed by atoms with E-state index in [-0.39, 0.29) is 18.0 Å². The van der Waals surface area contributed by atoms with Crippen LogP contribution < -0.4 is 4.74 Å². The van der Waals surface area contributed by atoms with Crippen molar-refractivity contribution in [3.63, 3.8) is 0 Å². The van der Waals surface area contributed by atoms with Crippen LogP contribution in [0.25, 0.3) is 45.8 Å². The average Bonchev–Trinajstić information content (AvgIpc) is 3.88. The van der Waals surface area contributed by atoms with Crippen LogP contribution in [0.1, 0.15) is 51.8 Å². The molecule has 0 bridgehead atoms. The van der Waals surface area contributed by atoms with E-state index in [1.807, 2.05) is 62.4 Å². The summed E-state index contributed by atoms with van der Waals surface area (Å²) >= 11 is 0. The van der Waals surface area contributed by atoms with Crippen LogP contribution >= 0.6 is 0 Å². The van der Waals surface area contributed by atoms with E-state index in [1.165, 1.54) is 0 Å². The molecule has 1 aromatic heterocycles. The number of hydrogen-bond donors (Lipinski definition) is 1. The quantitative estimate of drug-likeness (QED) is 0.112. The van der Waals surface area contributed by atoms with Gasteiger partial charge in [0.05, 0.1) is 18.8 Å². The molecule has 2 aliphatic heterocycles. The van der Waals surface area contributed by atoms with Crippen molar-refractivity contribution in [2.75, 3.05) is 33.3 Å². The van der Waals surface area contributed by atoms with Gasteiger partial charge >= 0.3 is 0 Å². The van der Waals surface area contributed by atoms with E-state index in [0.29, 0.717) is 77.5 Å². The SMILES string of the molecule is COc1cc(/C=C/c2cccc(-c3cccc(-c4nc5cc(CN6CC[C@@H](OC=O)C6)cc(C#N)c5o4)c3C)c2F)c(C)cc1CN1CC[C@@H](O)C1. The highest BCUT2D eigenvalue weighted by molar-refractivity contribution is 5.85. The number of oxazole rings is 1. The van der Waals surface area contributed by atoms with E-state index in [9.17, 15) is 15.2 Å². The molecule has 3 heterocycles. The van der Waals surface area contributed by atoms with Crippen LogP contribution in [-0.2, 0) is 22.6 Å². The highest BCUT2D eigenvalue weighted by Crippen LogP contribution is 2.36. The number of likely N-dealkylation sites (tertiary alicyclic amines) is 2. The molecule has 266 valence electrons. The lowest BCUT2D eigenvalue weighted by Gasteiger charge is -2.18. The number of nitrogens with zero attached hydrogens (tertiary/aromatic N) is 4. The largest absolute Gasteiger partial charge is 0.496 e. The van der Waals surface area contributed by atoms with Crippen molar-refractivity contribution in [3.8, 4) is 34.4 Å². The molecule has 2 fully saturated rings. The second-order valence-corrected chi connectivity index (χ2v) is 13.7. The minimum Gasteiger partial charge on any atom is -0.496 e. The van der Waals surface area contributed by atoms with Gasteiger partial charge < -0.3 is 19.0 Å². The number of hydrogen-bond acceptors (Lipinski definition) is 9. The number of carbonyl (C=O) groups is 1. The first-order valence-electron chi connectivity index (χ1n) is 17.5. The zero-order chi connectivity index (χ0) is 36.4. The summed E-state index contributed by atoms with van der Waals surface area (Å²) in [6.45, 7) is 8.66. The Balaban J connectivity index is 1.15. The highest BCUT2D eigenvalue weighted by Gasteiger charge is 2.25. The number of benzene rings is 4. The lowest BCUT2D eigenvalue weighted by molar-refractivity contribution is -0.132. The molecule has 7 rings (SSSR count). The molecule has 2 aliphatic rings. The lowest BCUT2D eigenvalue weighted by atomic mass is 9.94. The topological polar surface area (TPSA) is 112 Å². The Morgan fingerprint density at radius 3 is 2.50 bits per heavy atom. The Morgan fingerprint density at radius 1 is 0.981 bits per heavy atom. The molecule has 0 unspecified atom stereocenters. The summed E-state index contributed by atoms with van der Waals surface area (Å²) in [6.07, 6.45) is 4.83. The lowest BCUT2D eigenvalue weighted by Crippen LogP contribution is -2.22. The van der Waals surface area contributed by atoms with Crippen LogP contribution in [0, 0.1) is 31.0 Å². The third kappa shape index (κ3) is 7.21. The van der Waals surface area contributed by atoms with Gasteiger partial charge in [-0.25, -0.2) is 9.37 Å². The van der Waals surface area contributed by atoms with E-state index in [4.69, 9.17) is 18.9 Å². The van der Waals surface area contributed by atoms with Crippen molar-refractivity contribution in [2.45, 2.75) is 52.0 Å². The summed E-state index contributed by atoms with van der Waals surface area (Å²) in [5.41, 5.74) is 8.44. The van der Waals surface area contributed by atoms with Gasteiger partial charge in [0, 0.05) is 61.5 Å². The number of fused-ring (bicyclic) bond motifs is 1. The summed E-state index contributed by atoms with van der Waals surface area (Å²) in [4.78, 5) is 20.0. The highest BCUT2D eigenvalue weighted by atomic mass is 19.1. The van der Waals surface area contributed by atoms with Crippen LogP contribution in [0.3, 0.4) is 0 Å². The molecule has 1 N–H and O–H groups in total. The Bertz CT molecular complexity index is 2210. The second kappa shape index (κ2) is 15.1. The Labute approximate surface area is 302 Å². The Kier molecular flexibility index (Phi) is 10.2. The summed E-state index contributed by atoms with van der Waals surface area (Å²) in [5, 5.41) is 19.9. The summed E-state index contributed by atoms with van der Waals surface area (Å²) in [6, 6.07) is 21.1. The molecule has 0 amide bonds. The number of nitriles is 1. The predicted molar refractivity (Wildman–Crippen MR) is 198 cm³/mol. The number of ether oxygens (including phenoxy) is 2. The summed E-state index contributed by atoms with van der Waals surface area (Å²) < 4.78 is 33.3. The molecule has 52 heavy (non-hydrogen) atoms. The molecule has 2 saturated heterocycles. The van der Waals surface area contributed by atoms with Crippen molar-refractivity contribution in [1.82, 2.24) is 14.8 Å². The summed E-state index contributed by atoms with van der Waals surface area (Å²) in [7, 11) is 1.65. The Morgan fingerprint density at radius 2 is 1.73 bits per heavy atom. The normalized spacial score (nSPS) is 18.0. The van der Waals surface area contributed by atoms with Crippen molar-refractivity contribution in [3.05, 3.63) is 105 Å². The maximum absolute atomic E-state index is 16.3. The molecule has 9 nitrogen and oxygen atoms in total. The first-order chi connectivity index (χ1) is 25.2. The maximum Gasteiger partial charge on any atom is 0.293 e. The summed E-state index contributed by atoms with van der Waals surface area (Å²) in [5.74, 6) is 0.773. The molecular weight excluding hydrogens is 659 g/mol. The van der Waals surface area contributed by atoms with E-state index in [2.05, 4.69) is 21.9 Å². The predicted octanol–water partition coefficient (Wildman–Crippen LogP) is 7.28. The van der Waals surface area contributed by atoms with E-state index < -0.39 is 0 Å². The molecular formula is C42H41FN4O5. The minimum absolute atomic E-state index is 0.125. The van der Waals surface area contributed by atoms with Gasteiger partial charge in [0.1, 0.15) is 29.3 Å². The fourth-order valence-corrected chi connectivity index (χ4v) is 7.45. The van der Waals surface area contributed by atoms with Gasteiger partial charge in [0.25, 0.3) is 6.47 Å². The van der Waals surface area contributed by atoms with Crippen molar-refractivity contribution in [2.24, 2.45) is 0 Å². The number of aliphatic hydroxyl groups is 1. The molecule has 0 aliphatic carbocycles. The number of methoxy groups -OCH3 is 1. The van der Waals surface area contributed by atoms with E-state index in [0.717, 1.165) is 59.5 Å². The van der Waals surface area contributed by atoms with Gasteiger partial charge in [-0.2, -0.15) is 5.26 Å². The number of rotatable bonds is 11. The van der Waals surface area contributed by atoms with Crippen molar-refractivity contribution >= 4 is 29.7 Å². The number of halogens is 1. The van der Waals surface area contributed by atoms with Gasteiger partial charge in [-0.3, -0.25) is 14.6 Å². The standard InChI is InChI=1S/C42H41FN4O5/c1-26-16-32(22-47-14-12-33(49)23-47)39(50-3)19-30(26)11-10-29-6-4-9-37(40(29)43)35-7-5-8-36(27(35)2)42-45-38-18-28(17-31(20-44)41(38)52-42)21-46-15-13-34(24-46)51-25-48/h4-11,16-19,25,33-34,49H,12-15,21-24H2,1-3H3/b11-10+/t33-,34-/m1/s1. The number of aryl methyl sites for hydroxylation is 1. The smallest absolute Gasteiger partial charge is 0.293 e. The van der Waals surface area contributed by atoms with E-state index >= 15 is 4.39 Å². The fourth-order valence-electron chi connectivity index (χ4n) is 7.45. The monoisotopic (exact) mass is 700 g/mol. The minimum atomic E-state index is -0.343. The first kappa shape index (κ1) is 35.1. The fraction of sp³-hybridized carbons (Fsp3) is 0.310. The molecule has 0 spiro atoms. The van der Waals surface area contributed by atoms with Crippen molar-refractivity contribution in [1.29, 1.82) is 5.26 Å². The second-order valence-electron chi connectivity index (χ2n) is 13.7. The van der Waals surface area contributed by atoms with Crippen LogP contribution in [0.5, 0.6) is 5.75 Å². The molecule has 0 saturated carbocycles. The maximum atomic E-state index is 16.3. The number of aromatic nitrogens is 1. The number of aliphatic hydroxyl groups excluding tert-OH is 1. The average molecular weight is 701 g/mol. The van der Waals surface area contributed by atoms with Gasteiger partial charge in [-0.05, 0) is 78.8 Å². The van der Waals surface area contributed by atoms with Gasteiger partial charge in [-0.15, -0.1) is 0 Å². The van der Waals surface area contributed by atoms with Crippen LogP contribution in [0.2, 0.25) is 0 Å². The van der Waals surface area contributed by atoms with Gasteiger partial charge in [-0.1, -0.05) is 48.6 Å². The van der Waals surface area contributed by atoms with Gasteiger partial charge in [0.15, 0.2) is 5.58 Å². The zero-order valence-corrected chi connectivity index (χ0v) is 29.6. The number of β-amino-alcohol motifs (C(OH)–C–C–N with tert-alkyl or cyclic N) is 1. The molecule has 0 radical (unpaired) electrons. The third-order valence-corrected chi connectivity index (χ3v) is 10.2. The molecule has 5 aromatic rings. The zero-order valence-electron chi connectivity index (χ0n) is 29.6. The molecule has 4 aromatic carbocycles. The van der Waals surface area contributed by atoms with Crippen LogP contribution in [0.15, 0.2) is 65.1 Å². The first-order valence-corrected chi connectivity index (χ1v) is 17.5. The van der Waals surface area contributed by atoms with E-state index in [1.54, 1.807) is 25.3 Å².